The second kappa shape index (κ2) is 8.52. The molecule has 1 atom stereocenters. The second-order valence-electron chi connectivity index (χ2n) is 5.66. The van der Waals surface area contributed by atoms with Gasteiger partial charge in [-0.05, 0) is 44.7 Å². The van der Waals surface area contributed by atoms with Crippen LogP contribution in [0.3, 0.4) is 0 Å². The first kappa shape index (κ1) is 15.5. The molecule has 1 N–H and O–H groups in total. The Hall–Kier alpha value is -0.570. The van der Waals surface area contributed by atoms with Crippen molar-refractivity contribution in [3.63, 3.8) is 0 Å². The van der Waals surface area contributed by atoms with Crippen LogP contribution >= 0.6 is 0 Å². The summed E-state index contributed by atoms with van der Waals surface area (Å²) >= 11 is 0. The van der Waals surface area contributed by atoms with Gasteiger partial charge >= 0.3 is 0 Å². The molecule has 18 heavy (non-hydrogen) atoms. The highest BCUT2D eigenvalue weighted by atomic mass is 16.2. The molecule has 1 saturated heterocycles. The number of carbonyl (C=O) groups excluding carboxylic acids is 1. The van der Waals surface area contributed by atoms with Crippen LogP contribution < -0.4 is 5.32 Å². The van der Waals surface area contributed by atoms with Gasteiger partial charge in [-0.1, -0.05) is 26.7 Å². The molecule has 0 aromatic carbocycles. The van der Waals surface area contributed by atoms with Crippen LogP contribution in [0.1, 0.15) is 52.4 Å². The van der Waals surface area contributed by atoms with E-state index in [1.54, 1.807) is 0 Å². The lowest BCUT2D eigenvalue weighted by Crippen LogP contribution is -2.39. The van der Waals surface area contributed by atoms with Gasteiger partial charge in [0.1, 0.15) is 0 Å². The van der Waals surface area contributed by atoms with E-state index in [9.17, 15) is 4.79 Å². The first-order valence-electron chi connectivity index (χ1n) is 7.64. The van der Waals surface area contributed by atoms with Crippen molar-refractivity contribution < 1.29 is 4.79 Å². The predicted octanol–water partition coefficient (Wildman–Crippen LogP) is 2.66. The third-order valence-electron chi connectivity index (χ3n) is 4.12. The van der Waals surface area contributed by atoms with E-state index in [1.807, 2.05) is 11.9 Å². The summed E-state index contributed by atoms with van der Waals surface area (Å²) in [7, 11) is 1.99. The second-order valence-corrected chi connectivity index (χ2v) is 5.66. The summed E-state index contributed by atoms with van der Waals surface area (Å²) in [5, 5.41) is 3.38. The van der Waals surface area contributed by atoms with Crippen molar-refractivity contribution >= 4 is 5.91 Å². The highest BCUT2D eigenvalue weighted by Gasteiger charge is 2.23. The number of hydrogen-bond acceptors (Lipinski definition) is 2. The molecule has 1 aliphatic rings. The van der Waals surface area contributed by atoms with Crippen molar-refractivity contribution in [2.24, 2.45) is 11.8 Å². The predicted molar refractivity (Wildman–Crippen MR) is 76.5 cm³/mol. The zero-order chi connectivity index (χ0) is 13.4. The molecule has 0 aromatic heterocycles. The fourth-order valence-electron chi connectivity index (χ4n) is 2.81. The summed E-state index contributed by atoms with van der Waals surface area (Å²) in [5.41, 5.74) is 0. The van der Waals surface area contributed by atoms with E-state index in [4.69, 9.17) is 0 Å². The summed E-state index contributed by atoms with van der Waals surface area (Å²) in [4.78, 5) is 14.4. The van der Waals surface area contributed by atoms with E-state index >= 15 is 0 Å². The fraction of sp³-hybridized carbons (Fsp3) is 0.933. The van der Waals surface area contributed by atoms with E-state index in [0.29, 0.717) is 11.8 Å². The van der Waals surface area contributed by atoms with Crippen LogP contribution in [-0.4, -0.2) is 37.5 Å². The van der Waals surface area contributed by atoms with Crippen LogP contribution in [0.5, 0.6) is 0 Å². The molecule has 0 bridgehead atoms. The Bertz CT molecular complexity index is 237. The Balaban J connectivity index is 2.37. The lowest BCUT2D eigenvalue weighted by atomic mass is 9.95. The van der Waals surface area contributed by atoms with Crippen molar-refractivity contribution in [2.75, 3.05) is 26.7 Å². The summed E-state index contributed by atoms with van der Waals surface area (Å²) in [6, 6.07) is 0. The molecule has 3 heteroatoms. The van der Waals surface area contributed by atoms with Gasteiger partial charge in [-0.3, -0.25) is 4.79 Å². The maximum atomic E-state index is 12.4. The highest BCUT2D eigenvalue weighted by Crippen LogP contribution is 2.18. The van der Waals surface area contributed by atoms with Crippen LogP contribution in [0, 0.1) is 11.8 Å². The minimum absolute atomic E-state index is 0.247. The molecule has 0 aliphatic carbocycles. The summed E-state index contributed by atoms with van der Waals surface area (Å²) in [6.07, 6.45) is 6.82. The number of carbonyl (C=O) groups is 1. The Labute approximate surface area is 112 Å². The van der Waals surface area contributed by atoms with E-state index in [-0.39, 0.29) is 5.92 Å². The van der Waals surface area contributed by atoms with Crippen LogP contribution in [0.15, 0.2) is 0 Å². The number of unbranched alkanes of at least 4 members (excludes halogenated alkanes) is 1. The normalized spacial score (nSPS) is 18.6. The van der Waals surface area contributed by atoms with Crippen LogP contribution in [0.4, 0.5) is 0 Å². The van der Waals surface area contributed by atoms with Crippen molar-refractivity contribution in [3.05, 3.63) is 0 Å². The number of nitrogens with one attached hydrogen (secondary N) is 1. The lowest BCUT2D eigenvalue weighted by molar-refractivity contribution is -0.135. The summed E-state index contributed by atoms with van der Waals surface area (Å²) < 4.78 is 0. The maximum absolute atomic E-state index is 12.4. The average Bonchev–Trinajstić information content (AvgIpc) is 2.40. The Kier molecular flexibility index (Phi) is 7.33. The van der Waals surface area contributed by atoms with E-state index in [0.717, 1.165) is 32.5 Å². The number of rotatable bonds is 7. The number of hydrogen-bond donors (Lipinski definition) is 1. The molecule has 1 unspecified atom stereocenters. The molecule has 0 aromatic rings. The summed E-state index contributed by atoms with van der Waals surface area (Å²) in [6.45, 7) is 7.50. The quantitative estimate of drug-likeness (QED) is 0.757. The van der Waals surface area contributed by atoms with Crippen molar-refractivity contribution in [2.45, 2.75) is 52.4 Å². The molecule has 1 fully saturated rings. The molecule has 3 nitrogen and oxygen atoms in total. The number of amides is 1. The molecule has 1 aliphatic heterocycles. The monoisotopic (exact) mass is 254 g/mol. The van der Waals surface area contributed by atoms with E-state index < -0.39 is 0 Å². The zero-order valence-electron chi connectivity index (χ0n) is 12.4. The average molecular weight is 254 g/mol. The number of nitrogens with zero attached hydrogens (tertiary/aromatic N) is 1. The van der Waals surface area contributed by atoms with Gasteiger partial charge in [0.25, 0.3) is 0 Å². The molecule has 0 saturated carbocycles. The topological polar surface area (TPSA) is 32.3 Å². The van der Waals surface area contributed by atoms with Crippen LogP contribution in [0.25, 0.3) is 0 Å². The molecule has 1 heterocycles. The van der Waals surface area contributed by atoms with Crippen molar-refractivity contribution in [1.29, 1.82) is 0 Å². The van der Waals surface area contributed by atoms with Gasteiger partial charge in [0.15, 0.2) is 0 Å². The molecular weight excluding hydrogens is 224 g/mol. The van der Waals surface area contributed by atoms with E-state index in [1.165, 1.54) is 25.7 Å². The lowest BCUT2D eigenvalue weighted by Gasteiger charge is -2.29. The molecular formula is C15H30N2O. The minimum Gasteiger partial charge on any atom is -0.345 e. The third kappa shape index (κ3) is 4.97. The van der Waals surface area contributed by atoms with Crippen molar-refractivity contribution in [1.82, 2.24) is 10.2 Å². The highest BCUT2D eigenvalue weighted by molar-refractivity contribution is 5.78. The Morgan fingerprint density at radius 2 is 2.00 bits per heavy atom. The number of piperidine rings is 1. The third-order valence-corrected chi connectivity index (χ3v) is 4.12. The van der Waals surface area contributed by atoms with Crippen LogP contribution in [0.2, 0.25) is 0 Å². The molecule has 0 radical (unpaired) electrons. The van der Waals surface area contributed by atoms with Gasteiger partial charge in [-0.2, -0.15) is 0 Å². The van der Waals surface area contributed by atoms with Gasteiger partial charge in [-0.15, -0.1) is 0 Å². The first-order chi connectivity index (χ1) is 8.69. The molecule has 0 spiro atoms. The van der Waals surface area contributed by atoms with Gasteiger partial charge in [0.2, 0.25) is 5.91 Å². The molecule has 106 valence electrons. The Morgan fingerprint density at radius 1 is 1.33 bits per heavy atom. The van der Waals surface area contributed by atoms with E-state index in [2.05, 4.69) is 19.2 Å². The standard InChI is InChI=1S/C15H30N2O/c1-4-6-7-14(5-2)15(18)17(3)12-13-8-10-16-11-9-13/h13-14,16H,4-12H2,1-3H3. The summed E-state index contributed by atoms with van der Waals surface area (Å²) in [5.74, 6) is 1.31. The van der Waals surface area contributed by atoms with Gasteiger partial charge < -0.3 is 10.2 Å². The molecule has 1 amide bonds. The first-order valence-corrected chi connectivity index (χ1v) is 7.64. The van der Waals surface area contributed by atoms with Crippen molar-refractivity contribution in [3.8, 4) is 0 Å². The smallest absolute Gasteiger partial charge is 0.225 e. The van der Waals surface area contributed by atoms with Crippen LogP contribution in [-0.2, 0) is 4.79 Å². The largest absolute Gasteiger partial charge is 0.345 e. The SMILES string of the molecule is CCCCC(CC)C(=O)N(C)CC1CCNCC1. The molecule has 1 rings (SSSR count). The minimum atomic E-state index is 0.247. The Morgan fingerprint density at radius 3 is 2.56 bits per heavy atom. The van der Waals surface area contributed by atoms with Gasteiger partial charge in [-0.25, -0.2) is 0 Å². The fourth-order valence-corrected chi connectivity index (χ4v) is 2.81. The van der Waals surface area contributed by atoms with Gasteiger partial charge in [0, 0.05) is 19.5 Å². The van der Waals surface area contributed by atoms with Gasteiger partial charge in [0.05, 0.1) is 0 Å². The maximum Gasteiger partial charge on any atom is 0.225 e. The zero-order valence-corrected chi connectivity index (χ0v) is 12.4.